The minimum Gasteiger partial charge on any atom is -0.413 e. The molecule has 19 heavy (non-hydrogen) atoms. The number of aliphatic hydroxyl groups excluding tert-OH is 3. The van der Waals surface area contributed by atoms with E-state index < -0.39 is 42.3 Å². The zero-order chi connectivity index (χ0) is 14.2. The van der Waals surface area contributed by atoms with Gasteiger partial charge >= 0.3 is 5.69 Å². The Morgan fingerprint density at radius 3 is 2.63 bits per heavy atom. The van der Waals surface area contributed by atoms with Gasteiger partial charge in [-0.15, -0.1) is 4.73 Å². The molecule has 0 bridgehead atoms. The lowest BCUT2D eigenvalue weighted by atomic mass is 10.0. The highest BCUT2D eigenvalue weighted by molar-refractivity contribution is 5.13. The number of aliphatic hydroxyl groups is 3. The van der Waals surface area contributed by atoms with Crippen molar-refractivity contribution in [2.24, 2.45) is 0 Å². The van der Waals surface area contributed by atoms with E-state index >= 15 is 0 Å². The van der Waals surface area contributed by atoms with Gasteiger partial charge < -0.3 is 24.9 Å². The Bertz CT molecular complexity index is 566. The standard InChI is InChI=1S/C10H14N2O7/c1-18-12-2-4(9(16)11-10(12)17)8-7(15)6(14)5(3-13)19-8/h2,5-8,13-15H,3H2,1H3,(H,11,16,17)/t5-,6-,7-,8+/m1/s1. The van der Waals surface area contributed by atoms with Crippen LogP contribution >= 0.6 is 0 Å². The average molecular weight is 274 g/mol. The number of aromatic nitrogens is 2. The van der Waals surface area contributed by atoms with Crippen LogP contribution in [0.2, 0.25) is 0 Å². The first-order valence-electron chi connectivity index (χ1n) is 5.52. The van der Waals surface area contributed by atoms with Crippen molar-refractivity contribution in [1.29, 1.82) is 0 Å². The SMILES string of the molecule is COn1cc([C@@H]2O[C@H](CO)[C@@H](O)[C@H]2O)c(=O)[nH]c1=O. The molecule has 0 unspecified atom stereocenters. The number of ether oxygens (including phenoxy) is 1. The number of hydrogen-bond acceptors (Lipinski definition) is 7. The second-order valence-electron chi connectivity index (χ2n) is 4.11. The Balaban J connectivity index is 2.43. The van der Waals surface area contributed by atoms with Crippen molar-refractivity contribution in [3.63, 3.8) is 0 Å². The third-order valence-corrected chi connectivity index (χ3v) is 2.98. The summed E-state index contributed by atoms with van der Waals surface area (Å²) in [4.78, 5) is 29.7. The molecular formula is C10H14N2O7. The summed E-state index contributed by atoms with van der Waals surface area (Å²) >= 11 is 0. The molecule has 0 spiro atoms. The molecule has 9 heteroatoms. The van der Waals surface area contributed by atoms with E-state index in [2.05, 4.69) is 0 Å². The number of nitrogens with zero attached hydrogens (tertiary/aromatic N) is 1. The molecule has 1 saturated heterocycles. The Kier molecular flexibility index (Phi) is 3.71. The Labute approximate surface area is 106 Å². The van der Waals surface area contributed by atoms with Crippen LogP contribution in [0, 0.1) is 0 Å². The molecule has 4 atom stereocenters. The Morgan fingerprint density at radius 2 is 2.11 bits per heavy atom. The first-order chi connectivity index (χ1) is 8.99. The summed E-state index contributed by atoms with van der Waals surface area (Å²) in [6.45, 7) is -0.503. The van der Waals surface area contributed by atoms with Gasteiger partial charge in [-0.05, 0) is 0 Å². The van der Waals surface area contributed by atoms with Crippen LogP contribution < -0.4 is 16.1 Å². The monoisotopic (exact) mass is 274 g/mol. The fourth-order valence-electron chi connectivity index (χ4n) is 1.96. The molecule has 4 N–H and O–H groups in total. The fraction of sp³-hybridized carbons (Fsp3) is 0.600. The number of rotatable bonds is 3. The molecule has 1 aromatic rings. The van der Waals surface area contributed by atoms with Gasteiger partial charge in [-0.25, -0.2) is 4.79 Å². The third kappa shape index (κ3) is 2.28. The molecule has 9 nitrogen and oxygen atoms in total. The van der Waals surface area contributed by atoms with Crippen molar-refractivity contribution in [2.75, 3.05) is 13.7 Å². The summed E-state index contributed by atoms with van der Waals surface area (Å²) in [5.41, 5.74) is -1.61. The van der Waals surface area contributed by atoms with Crippen molar-refractivity contribution in [2.45, 2.75) is 24.4 Å². The lowest BCUT2D eigenvalue weighted by Crippen LogP contribution is -2.37. The lowest BCUT2D eigenvalue weighted by Gasteiger charge is -2.14. The summed E-state index contributed by atoms with van der Waals surface area (Å²) < 4.78 is 5.96. The van der Waals surface area contributed by atoms with E-state index in [4.69, 9.17) is 14.7 Å². The van der Waals surface area contributed by atoms with E-state index in [-0.39, 0.29) is 5.56 Å². The van der Waals surface area contributed by atoms with Crippen LogP contribution in [0.3, 0.4) is 0 Å². The van der Waals surface area contributed by atoms with Gasteiger partial charge in [0.1, 0.15) is 31.5 Å². The van der Waals surface area contributed by atoms with Crippen LogP contribution in [0.4, 0.5) is 0 Å². The second-order valence-corrected chi connectivity index (χ2v) is 4.11. The topological polar surface area (TPSA) is 134 Å². The summed E-state index contributed by atoms with van der Waals surface area (Å²) in [7, 11) is 1.22. The minimum absolute atomic E-state index is 0.0797. The van der Waals surface area contributed by atoms with E-state index in [0.717, 1.165) is 10.9 Å². The van der Waals surface area contributed by atoms with Crippen LogP contribution in [0.5, 0.6) is 0 Å². The summed E-state index contributed by atoms with van der Waals surface area (Å²) in [6, 6.07) is 0. The molecule has 1 aliphatic heterocycles. The van der Waals surface area contributed by atoms with Crippen LogP contribution in [0.15, 0.2) is 15.8 Å². The van der Waals surface area contributed by atoms with Crippen LogP contribution in [0.25, 0.3) is 0 Å². The number of H-pyrrole nitrogens is 1. The molecule has 1 aromatic heterocycles. The van der Waals surface area contributed by atoms with E-state index in [0.29, 0.717) is 0 Å². The Hall–Kier alpha value is -1.68. The number of aromatic amines is 1. The maximum absolute atomic E-state index is 11.7. The lowest BCUT2D eigenvalue weighted by molar-refractivity contribution is -0.0238. The highest BCUT2D eigenvalue weighted by Crippen LogP contribution is 2.31. The summed E-state index contributed by atoms with van der Waals surface area (Å²) in [5.74, 6) is 0. The van der Waals surface area contributed by atoms with Gasteiger partial charge in [-0.1, -0.05) is 0 Å². The van der Waals surface area contributed by atoms with Crippen molar-refractivity contribution in [3.05, 3.63) is 32.6 Å². The largest absolute Gasteiger partial charge is 0.413 e. The molecule has 2 rings (SSSR count). The smallest absolute Gasteiger partial charge is 0.361 e. The first-order valence-corrected chi connectivity index (χ1v) is 5.52. The summed E-state index contributed by atoms with van der Waals surface area (Å²) in [5, 5.41) is 28.4. The molecule has 0 aromatic carbocycles. The predicted molar refractivity (Wildman–Crippen MR) is 60.5 cm³/mol. The van der Waals surface area contributed by atoms with E-state index in [1.165, 1.54) is 7.11 Å². The molecule has 0 saturated carbocycles. The van der Waals surface area contributed by atoms with Crippen molar-refractivity contribution >= 4 is 0 Å². The maximum Gasteiger partial charge on any atom is 0.361 e. The molecular weight excluding hydrogens is 260 g/mol. The molecule has 106 valence electrons. The maximum atomic E-state index is 11.7. The molecule has 2 heterocycles. The molecule has 1 fully saturated rings. The van der Waals surface area contributed by atoms with Gasteiger partial charge in [0.05, 0.1) is 18.4 Å². The van der Waals surface area contributed by atoms with Crippen LogP contribution in [0.1, 0.15) is 11.7 Å². The normalized spacial score (nSPS) is 30.5. The summed E-state index contributed by atoms with van der Waals surface area (Å²) in [6.07, 6.45) is -3.79. The highest BCUT2D eigenvalue weighted by Gasteiger charge is 2.44. The van der Waals surface area contributed by atoms with E-state index in [1.54, 1.807) is 0 Å². The number of nitrogens with one attached hydrogen (secondary N) is 1. The highest BCUT2D eigenvalue weighted by atomic mass is 16.6. The molecule has 0 aliphatic carbocycles. The number of hydrogen-bond donors (Lipinski definition) is 4. The second kappa shape index (κ2) is 5.13. The van der Waals surface area contributed by atoms with Gasteiger partial charge in [-0.3, -0.25) is 9.78 Å². The van der Waals surface area contributed by atoms with Crippen LogP contribution in [-0.2, 0) is 4.74 Å². The fourth-order valence-corrected chi connectivity index (χ4v) is 1.96. The minimum atomic E-state index is -1.39. The van der Waals surface area contributed by atoms with E-state index in [9.17, 15) is 19.8 Å². The van der Waals surface area contributed by atoms with Gasteiger partial charge in [0.2, 0.25) is 0 Å². The first kappa shape index (κ1) is 13.7. The van der Waals surface area contributed by atoms with Gasteiger partial charge in [-0.2, -0.15) is 0 Å². The zero-order valence-electron chi connectivity index (χ0n) is 10.0. The van der Waals surface area contributed by atoms with Crippen molar-refractivity contribution < 1.29 is 24.9 Å². The zero-order valence-corrected chi connectivity index (χ0v) is 10.0. The van der Waals surface area contributed by atoms with Crippen molar-refractivity contribution in [3.8, 4) is 0 Å². The molecule has 0 radical (unpaired) electrons. The molecule has 1 aliphatic rings. The molecule has 0 amide bonds. The third-order valence-electron chi connectivity index (χ3n) is 2.98. The average Bonchev–Trinajstić information content (AvgIpc) is 2.67. The predicted octanol–water partition coefficient (Wildman–Crippen LogP) is -3.25. The van der Waals surface area contributed by atoms with Crippen molar-refractivity contribution in [1.82, 2.24) is 9.71 Å². The van der Waals surface area contributed by atoms with E-state index in [1.807, 2.05) is 4.98 Å². The quantitative estimate of drug-likeness (QED) is 0.454. The van der Waals surface area contributed by atoms with Gasteiger partial charge in [0.15, 0.2) is 0 Å². The van der Waals surface area contributed by atoms with Gasteiger partial charge in [0.25, 0.3) is 5.56 Å². The Morgan fingerprint density at radius 1 is 1.42 bits per heavy atom. The van der Waals surface area contributed by atoms with Gasteiger partial charge in [0, 0.05) is 0 Å². The van der Waals surface area contributed by atoms with Crippen LogP contribution in [-0.4, -0.2) is 57.1 Å².